The second-order valence-corrected chi connectivity index (χ2v) is 11.2. The van der Waals surface area contributed by atoms with Gasteiger partial charge in [-0.3, -0.25) is 9.78 Å². The number of Topliss-reactive ketones (excluding diaryl/α,β-unsaturated/α-hetero) is 1. The molecule has 3 fully saturated rings. The van der Waals surface area contributed by atoms with Crippen molar-refractivity contribution in [3.05, 3.63) is 59.0 Å². The zero-order valence-corrected chi connectivity index (χ0v) is 21.4. The van der Waals surface area contributed by atoms with E-state index in [0.717, 1.165) is 64.5 Å². The summed E-state index contributed by atoms with van der Waals surface area (Å²) in [6.45, 7) is 6.26. The average Bonchev–Trinajstić information content (AvgIpc) is 3.60. The Morgan fingerprint density at radius 3 is 2.42 bits per heavy atom. The van der Waals surface area contributed by atoms with Crippen LogP contribution in [0.25, 0.3) is 22.0 Å². The summed E-state index contributed by atoms with van der Waals surface area (Å²) in [7, 11) is 0. The summed E-state index contributed by atoms with van der Waals surface area (Å²) in [5.41, 5.74) is 5.93. The topological polar surface area (TPSA) is 45.2 Å². The molecule has 4 nitrogen and oxygen atoms in total. The number of ketones is 1. The number of fused-ring (bicyclic) bond motifs is 1. The van der Waals surface area contributed by atoms with Gasteiger partial charge in [-0.05, 0) is 119 Å². The zero-order valence-electron chi connectivity index (χ0n) is 21.4. The van der Waals surface area contributed by atoms with Crippen LogP contribution in [-0.4, -0.2) is 40.8 Å². The van der Waals surface area contributed by atoms with Crippen LogP contribution in [0.4, 0.5) is 10.1 Å². The van der Waals surface area contributed by atoms with E-state index in [1.54, 1.807) is 12.3 Å². The molecule has 0 amide bonds. The molecule has 6 rings (SSSR count). The molecule has 1 saturated heterocycles. The number of hydrogen-bond donors (Lipinski definition) is 1. The van der Waals surface area contributed by atoms with Crippen molar-refractivity contribution in [3.63, 3.8) is 0 Å². The number of carbonyl (C=O) groups is 1. The molecule has 0 spiro atoms. The minimum absolute atomic E-state index is 0.132. The van der Waals surface area contributed by atoms with E-state index in [1.165, 1.54) is 38.8 Å². The van der Waals surface area contributed by atoms with Crippen LogP contribution in [0.2, 0.25) is 0 Å². The van der Waals surface area contributed by atoms with Crippen molar-refractivity contribution in [1.29, 1.82) is 0 Å². The highest BCUT2D eigenvalue weighted by atomic mass is 19.1. The first kappa shape index (κ1) is 23.6. The van der Waals surface area contributed by atoms with E-state index in [4.69, 9.17) is 0 Å². The summed E-state index contributed by atoms with van der Waals surface area (Å²) in [5, 5.41) is 4.78. The van der Waals surface area contributed by atoms with Gasteiger partial charge in [0.1, 0.15) is 5.82 Å². The van der Waals surface area contributed by atoms with E-state index in [9.17, 15) is 9.18 Å². The van der Waals surface area contributed by atoms with Gasteiger partial charge in [0.05, 0.1) is 16.8 Å². The van der Waals surface area contributed by atoms with E-state index < -0.39 is 0 Å². The summed E-state index contributed by atoms with van der Waals surface area (Å²) >= 11 is 0. The lowest BCUT2D eigenvalue weighted by atomic mass is 9.89. The molecule has 0 bridgehead atoms. The quantitative estimate of drug-likeness (QED) is 0.379. The number of anilines is 1. The zero-order chi connectivity index (χ0) is 24.8. The van der Waals surface area contributed by atoms with Gasteiger partial charge in [-0.1, -0.05) is 12.1 Å². The summed E-state index contributed by atoms with van der Waals surface area (Å²) in [6.07, 6.45) is 11.0. The highest BCUT2D eigenvalue weighted by molar-refractivity contribution is 6.10. The van der Waals surface area contributed by atoms with Gasteiger partial charge in [0, 0.05) is 29.6 Å². The van der Waals surface area contributed by atoms with E-state index in [1.807, 2.05) is 32.0 Å². The van der Waals surface area contributed by atoms with Crippen LogP contribution in [0, 0.1) is 25.6 Å². The molecular weight excluding hydrogens is 449 g/mol. The predicted molar refractivity (Wildman–Crippen MR) is 144 cm³/mol. The molecular formula is C31H36FN3O. The van der Waals surface area contributed by atoms with Gasteiger partial charge in [-0.2, -0.15) is 0 Å². The number of pyridine rings is 1. The standard InChI is InChI=1S/C31H36FN3O/c1-19-15-23(17-28(32)20(19)2)22-7-12-29-26(16-22)30(27(18-33-29)31(36)21-5-6-21)34-24-8-10-25(11-9-24)35-13-3-4-14-35/h7,12,15-18,21,24-25H,3-6,8-11,13-14H2,1-2H3,(H,33,34). The smallest absolute Gasteiger partial charge is 0.169 e. The maximum atomic E-state index is 14.6. The van der Waals surface area contributed by atoms with Crippen molar-refractivity contribution >= 4 is 22.4 Å². The highest BCUT2D eigenvalue weighted by Gasteiger charge is 2.34. The lowest BCUT2D eigenvalue weighted by molar-refractivity contribution is 0.0968. The third kappa shape index (κ3) is 4.54. The Bertz CT molecular complexity index is 1280. The van der Waals surface area contributed by atoms with Crippen LogP contribution in [0.15, 0.2) is 36.5 Å². The number of aromatic nitrogens is 1. The summed E-state index contributed by atoms with van der Waals surface area (Å²) in [4.78, 5) is 20.6. The monoisotopic (exact) mass is 485 g/mol. The van der Waals surface area contributed by atoms with Crippen molar-refractivity contribution in [1.82, 2.24) is 9.88 Å². The van der Waals surface area contributed by atoms with Crippen LogP contribution >= 0.6 is 0 Å². The van der Waals surface area contributed by atoms with E-state index in [0.29, 0.717) is 17.6 Å². The number of hydrogen-bond acceptors (Lipinski definition) is 4. The first-order valence-electron chi connectivity index (χ1n) is 13.7. The van der Waals surface area contributed by atoms with E-state index in [-0.39, 0.29) is 17.5 Å². The van der Waals surface area contributed by atoms with Gasteiger partial charge in [0.15, 0.2) is 5.78 Å². The highest BCUT2D eigenvalue weighted by Crippen LogP contribution is 2.39. The van der Waals surface area contributed by atoms with Crippen molar-refractivity contribution in [2.24, 2.45) is 5.92 Å². The molecule has 1 aliphatic heterocycles. The molecule has 2 saturated carbocycles. The number of carbonyl (C=O) groups excluding carboxylic acids is 1. The fourth-order valence-corrected chi connectivity index (χ4v) is 6.16. The van der Waals surface area contributed by atoms with Crippen molar-refractivity contribution in [2.45, 2.75) is 77.3 Å². The Morgan fingerprint density at radius 1 is 0.972 bits per heavy atom. The van der Waals surface area contributed by atoms with Crippen molar-refractivity contribution in [3.8, 4) is 11.1 Å². The van der Waals surface area contributed by atoms with Crippen molar-refractivity contribution in [2.75, 3.05) is 18.4 Å². The number of aryl methyl sites for hydroxylation is 1. The molecule has 36 heavy (non-hydrogen) atoms. The molecule has 0 radical (unpaired) electrons. The third-order valence-corrected chi connectivity index (χ3v) is 8.72. The molecule has 0 unspecified atom stereocenters. The molecule has 1 N–H and O–H groups in total. The molecule has 2 heterocycles. The lowest BCUT2D eigenvalue weighted by Gasteiger charge is -2.35. The third-order valence-electron chi connectivity index (χ3n) is 8.72. The Labute approximate surface area is 213 Å². The molecule has 3 aliphatic rings. The maximum Gasteiger partial charge on any atom is 0.169 e. The van der Waals surface area contributed by atoms with Crippen LogP contribution in [0.1, 0.15) is 72.9 Å². The fraction of sp³-hybridized carbons (Fsp3) is 0.484. The molecule has 0 atom stereocenters. The molecule has 2 aliphatic carbocycles. The second-order valence-electron chi connectivity index (χ2n) is 11.2. The van der Waals surface area contributed by atoms with Gasteiger partial charge in [-0.15, -0.1) is 0 Å². The number of nitrogens with zero attached hydrogens (tertiary/aromatic N) is 2. The molecule has 3 aromatic rings. The van der Waals surface area contributed by atoms with E-state index in [2.05, 4.69) is 21.3 Å². The molecule has 1 aromatic heterocycles. The molecule has 188 valence electrons. The minimum Gasteiger partial charge on any atom is -0.381 e. The summed E-state index contributed by atoms with van der Waals surface area (Å²) in [6, 6.07) is 10.8. The van der Waals surface area contributed by atoms with Crippen LogP contribution in [0.3, 0.4) is 0 Å². The number of nitrogens with one attached hydrogen (secondary N) is 1. The fourth-order valence-electron chi connectivity index (χ4n) is 6.16. The summed E-state index contributed by atoms with van der Waals surface area (Å²) < 4.78 is 14.6. The normalized spacial score (nSPS) is 22.8. The second kappa shape index (κ2) is 9.59. The van der Waals surface area contributed by atoms with Gasteiger partial charge >= 0.3 is 0 Å². The van der Waals surface area contributed by atoms with Crippen LogP contribution < -0.4 is 5.32 Å². The summed E-state index contributed by atoms with van der Waals surface area (Å²) in [5.74, 6) is 0.155. The average molecular weight is 486 g/mol. The Morgan fingerprint density at radius 2 is 1.72 bits per heavy atom. The minimum atomic E-state index is -0.186. The lowest BCUT2D eigenvalue weighted by Crippen LogP contribution is -2.39. The predicted octanol–water partition coefficient (Wildman–Crippen LogP) is 7.07. The van der Waals surface area contributed by atoms with Gasteiger partial charge in [0.25, 0.3) is 0 Å². The first-order valence-corrected chi connectivity index (χ1v) is 13.7. The number of halogens is 1. The van der Waals surface area contributed by atoms with Gasteiger partial charge in [-0.25, -0.2) is 4.39 Å². The molecule has 5 heteroatoms. The Balaban J connectivity index is 1.35. The Kier molecular flexibility index (Phi) is 6.28. The first-order chi connectivity index (χ1) is 17.5. The van der Waals surface area contributed by atoms with E-state index >= 15 is 0 Å². The maximum absolute atomic E-state index is 14.6. The number of likely N-dealkylation sites (tertiary alicyclic amines) is 1. The van der Waals surface area contributed by atoms with Crippen LogP contribution in [-0.2, 0) is 0 Å². The SMILES string of the molecule is Cc1cc(-c2ccc3ncc(C(=O)C4CC4)c(NC4CCC(N5CCCC5)CC4)c3c2)cc(F)c1C. The molecule has 2 aromatic carbocycles. The van der Waals surface area contributed by atoms with Crippen LogP contribution in [0.5, 0.6) is 0 Å². The van der Waals surface area contributed by atoms with Crippen molar-refractivity contribution < 1.29 is 9.18 Å². The Hall–Kier alpha value is -2.79. The largest absolute Gasteiger partial charge is 0.381 e. The number of benzene rings is 2. The van der Waals surface area contributed by atoms with Gasteiger partial charge < -0.3 is 10.2 Å². The van der Waals surface area contributed by atoms with Gasteiger partial charge in [0.2, 0.25) is 0 Å². The number of rotatable bonds is 6.